The first-order valence-electron chi connectivity index (χ1n) is 9.81. The molecular weight excluding hydrogens is 300 g/mol. The Labute approximate surface area is 154 Å². The van der Waals surface area contributed by atoms with Crippen LogP contribution in [0.5, 0.6) is 0 Å². The van der Waals surface area contributed by atoms with E-state index in [9.17, 15) is 0 Å². The topological polar surface area (TPSA) is 0 Å². The molecule has 0 amide bonds. The van der Waals surface area contributed by atoms with E-state index in [4.69, 9.17) is 0 Å². The van der Waals surface area contributed by atoms with Crippen LogP contribution in [0, 0.1) is 23.2 Å². The van der Waals surface area contributed by atoms with Crippen LogP contribution in [-0.4, -0.2) is 0 Å². The van der Waals surface area contributed by atoms with E-state index in [2.05, 4.69) is 94.4 Å². The van der Waals surface area contributed by atoms with Crippen molar-refractivity contribution in [2.24, 2.45) is 23.2 Å². The summed E-state index contributed by atoms with van der Waals surface area (Å²) in [5.74, 6) is 2.39. The Balaban J connectivity index is 1.85. The van der Waals surface area contributed by atoms with Gasteiger partial charge >= 0.3 is 0 Å². The summed E-state index contributed by atoms with van der Waals surface area (Å²) < 4.78 is 0. The van der Waals surface area contributed by atoms with Crippen LogP contribution in [0.3, 0.4) is 0 Å². The zero-order valence-electron chi connectivity index (χ0n) is 16.2. The van der Waals surface area contributed by atoms with Gasteiger partial charge in [-0.1, -0.05) is 94.4 Å². The molecule has 0 heteroatoms. The third kappa shape index (κ3) is 3.89. The lowest BCUT2D eigenvalue weighted by Crippen LogP contribution is -2.28. The minimum absolute atomic E-state index is 0.465. The molecule has 1 saturated carbocycles. The molecule has 1 aliphatic carbocycles. The highest BCUT2D eigenvalue weighted by molar-refractivity contribution is 5.79. The Morgan fingerprint density at radius 2 is 1.48 bits per heavy atom. The summed E-state index contributed by atoms with van der Waals surface area (Å²) in [6.45, 7) is 9.84. The van der Waals surface area contributed by atoms with Crippen molar-refractivity contribution >= 4 is 5.57 Å². The first kappa shape index (κ1) is 18.0. The van der Waals surface area contributed by atoms with Gasteiger partial charge in [0.15, 0.2) is 0 Å². The third-order valence-corrected chi connectivity index (χ3v) is 6.69. The van der Waals surface area contributed by atoms with Crippen molar-refractivity contribution < 1.29 is 0 Å². The summed E-state index contributed by atoms with van der Waals surface area (Å²) in [4.78, 5) is 0. The number of hydrogen-bond acceptors (Lipinski definition) is 0. The molecule has 0 heterocycles. The maximum atomic E-state index is 2.48. The quantitative estimate of drug-likeness (QED) is 0.542. The van der Waals surface area contributed by atoms with E-state index in [-0.39, 0.29) is 0 Å². The Kier molecular flexibility index (Phi) is 5.47. The molecule has 0 nitrogen and oxygen atoms in total. The van der Waals surface area contributed by atoms with E-state index < -0.39 is 0 Å². The maximum absolute atomic E-state index is 2.48. The fourth-order valence-corrected chi connectivity index (χ4v) is 4.66. The molecule has 3 rings (SSSR count). The molecule has 3 atom stereocenters. The first-order chi connectivity index (χ1) is 12.0. The standard InChI is InChI=1S/C25H32/c1-19(24-18-16-20(2)25(24,3)4)15-17-23(21-11-7-5-8-12-21)22-13-9-6-10-14-22/h5-14,17,19-20,24H,15-16,18H2,1-4H3/t19-,20-,24-/m1/s1. The van der Waals surface area contributed by atoms with Gasteiger partial charge in [0.1, 0.15) is 0 Å². The van der Waals surface area contributed by atoms with Gasteiger partial charge in [0.2, 0.25) is 0 Å². The molecule has 0 bridgehead atoms. The summed E-state index contributed by atoms with van der Waals surface area (Å²) in [6.07, 6.45) is 6.40. The van der Waals surface area contributed by atoms with Gasteiger partial charge in [-0.2, -0.15) is 0 Å². The maximum Gasteiger partial charge on any atom is -0.0151 e. The lowest BCUT2D eigenvalue weighted by molar-refractivity contribution is 0.147. The molecule has 0 saturated heterocycles. The summed E-state index contributed by atoms with van der Waals surface area (Å²) in [5.41, 5.74) is 4.48. The second-order valence-corrected chi connectivity index (χ2v) is 8.47. The van der Waals surface area contributed by atoms with Crippen molar-refractivity contribution in [1.82, 2.24) is 0 Å². The van der Waals surface area contributed by atoms with Crippen LogP contribution in [0.4, 0.5) is 0 Å². The number of benzene rings is 2. The van der Waals surface area contributed by atoms with E-state index in [1.807, 2.05) is 0 Å². The molecule has 0 spiro atoms. The molecule has 0 aromatic heterocycles. The van der Waals surface area contributed by atoms with Crippen molar-refractivity contribution in [2.45, 2.75) is 47.0 Å². The Morgan fingerprint density at radius 3 is 1.92 bits per heavy atom. The Hall–Kier alpha value is -1.82. The van der Waals surface area contributed by atoms with Crippen molar-refractivity contribution in [3.63, 3.8) is 0 Å². The first-order valence-corrected chi connectivity index (χ1v) is 9.81. The summed E-state index contributed by atoms with van der Waals surface area (Å²) >= 11 is 0. The van der Waals surface area contributed by atoms with E-state index >= 15 is 0 Å². The van der Waals surface area contributed by atoms with Gasteiger partial charge in [0.05, 0.1) is 0 Å². The van der Waals surface area contributed by atoms with Crippen LogP contribution < -0.4 is 0 Å². The predicted molar refractivity (Wildman–Crippen MR) is 109 cm³/mol. The van der Waals surface area contributed by atoms with Crippen molar-refractivity contribution in [3.8, 4) is 0 Å². The smallest absolute Gasteiger partial charge is 0.0151 e. The summed E-state index contributed by atoms with van der Waals surface area (Å²) in [5, 5.41) is 0. The van der Waals surface area contributed by atoms with Gasteiger partial charge in [-0.05, 0) is 59.1 Å². The zero-order valence-corrected chi connectivity index (χ0v) is 16.2. The van der Waals surface area contributed by atoms with Gasteiger partial charge in [-0.25, -0.2) is 0 Å². The van der Waals surface area contributed by atoms with Crippen LogP contribution >= 0.6 is 0 Å². The second-order valence-electron chi connectivity index (χ2n) is 8.47. The minimum atomic E-state index is 0.465. The van der Waals surface area contributed by atoms with Crippen LogP contribution in [0.15, 0.2) is 66.7 Å². The molecule has 1 fully saturated rings. The number of hydrogen-bond donors (Lipinski definition) is 0. The molecule has 0 radical (unpaired) electrons. The molecule has 0 unspecified atom stereocenters. The second kappa shape index (κ2) is 7.60. The fourth-order valence-electron chi connectivity index (χ4n) is 4.66. The normalized spacial score (nSPS) is 23.2. The zero-order chi connectivity index (χ0) is 17.9. The predicted octanol–water partition coefficient (Wildman–Crippen LogP) is 7.22. The highest BCUT2D eigenvalue weighted by Crippen LogP contribution is 2.51. The largest absolute Gasteiger partial charge is 0.0758 e. The van der Waals surface area contributed by atoms with Crippen molar-refractivity contribution in [3.05, 3.63) is 77.9 Å². The molecule has 2 aromatic rings. The lowest BCUT2D eigenvalue weighted by atomic mass is 9.70. The molecule has 1 aliphatic rings. The SMILES string of the molecule is C[C@H](CC=C(c1ccccc1)c1ccccc1)[C@H]1CC[C@@H](C)C1(C)C. The summed E-state index contributed by atoms with van der Waals surface area (Å²) in [6, 6.07) is 21.6. The minimum Gasteiger partial charge on any atom is -0.0758 e. The van der Waals surface area contributed by atoms with Gasteiger partial charge < -0.3 is 0 Å². The van der Waals surface area contributed by atoms with Crippen molar-refractivity contribution in [2.75, 3.05) is 0 Å². The average Bonchev–Trinajstić information content (AvgIpc) is 2.90. The van der Waals surface area contributed by atoms with Gasteiger partial charge in [-0.3, -0.25) is 0 Å². The van der Waals surface area contributed by atoms with E-state index in [1.54, 1.807) is 0 Å². The third-order valence-electron chi connectivity index (χ3n) is 6.69. The van der Waals surface area contributed by atoms with Crippen LogP contribution in [0.2, 0.25) is 0 Å². The molecule has 132 valence electrons. The highest BCUT2D eigenvalue weighted by Gasteiger charge is 2.42. The average molecular weight is 333 g/mol. The molecule has 0 N–H and O–H groups in total. The molecule has 0 aliphatic heterocycles. The van der Waals surface area contributed by atoms with Crippen LogP contribution in [-0.2, 0) is 0 Å². The van der Waals surface area contributed by atoms with Gasteiger partial charge in [-0.15, -0.1) is 0 Å². The van der Waals surface area contributed by atoms with E-state index in [0.29, 0.717) is 5.41 Å². The Morgan fingerprint density at radius 1 is 0.960 bits per heavy atom. The lowest BCUT2D eigenvalue weighted by Gasteiger charge is -2.35. The molecule has 2 aromatic carbocycles. The monoisotopic (exact) mass is 332 g/mol. The molecular formula is C25H32. The summed E-state index contributed by atoms with van der Waals surface area (Å²) in [7, 11) is 0. The van der Waals surface area contributed by atoms with Crippen molar-refractivity contribution in [1.29, 1.82) is 0 Å². The number of rotatable bonds is 5. The Bertz CT molecular complexity index is 652. The van der Waals surface area contributed by atoms with Crippen LogP contribution in [0.1, 0.15) is 58.1 Å². The van der Waals surface area contributed by atoms with Gasteiger partial charge in [0, 0.05) is 0 Å². The number of allylic oxidation sites excluding steroid dienone is 1. The van der Waals surface area contributed by atoms with Crippen LogP contribution in [0.25, 0.3) is 5.57 Å². The van der Waals surface area contributed by atoms with E-state index in [0.717, 1.165) is 24.2 Å². The fraction of sp³-hybridized carbons (Fsp3) is 0.440. The van der Waals surface area contributed by atoms with E-state index in [1.165, 1.54) is 29.5 Å². The van der Waals surface area contributed by atoms with Gasteiger partial charge in [0.25, 0.3) is 0 Å². The molecule has 25 heavy (non-hydrogen) atoms. The highest BCUT2D eigenvalue weighted by atomic mass is 14.5.